The summed E-state index contributed by atoms with van der Waals surface area (Å²) in [6.45, 7) is 5.08. The molecule has 1 aromatic carbocycles. The van der Waals surface area contributed by atoms with Crippen LogP contribution in [0.3, 0.4) is 0 Å². The van der Waals surface area contributed by atoms with Crippen LogP contribution in [0.4, 0.5) is 5.69 Å². The van der Waals surface area contributed by atoms with Crippen LogP contribution in [0.1, 0.15) is 30.6 Å². The van der Waals surface area contributed by atoms with Gasteiger partial charge in [-0.3, -0.25) is 4.79 Å². The van der Waals surface area contributed by atoms with Gasteiger partial charge in [0, 0.05) is 29.9 Å². The van der Waals surface area contributed by atoms with E-state index in [-0.39, 0.29) is 5.91 Å². The fourth-order valence-electron chi connectivity index (χ4n) is 2.61. The third-order valence-corrected chi connectivity index (χ3v) is 3.46. The van der Waals surface area contributed by atoms with Crippen LogP contribution < -0.4 is 10.5 Å². The first kappa shape index (κ1) is 12.7. The second-order valence-corrected chi connectivity index (χ2v) is 5.14. The fourth-order valence-corrected chi connectivity index (χ4v) is 2.61. The normalized spacial score (nSPS) is 23.2. The number of methoxy groups -OCH3 is 1. The second kappa shape index (κ2) is 4.88. The van der Waals surface area contributed by atoms with Crippen molar-refractivity contribution in [2.45, 2.75) is 26.3 Å². The van der Waals surface area contributed by atoms with Crippen LogP contribution in [-0.2, 0) is 0 Å². The molecule has 0 bridgehead atoms. The molecule has 18 heavy (non-hydrogen) atoms. The summed E-state index contributed by atoms with van der Waals surface area (Å²) in [6.07, 6.45) is 1.06. The number of carbonyl (C=O) groups excluding carboxylic acids is 1. The number of likely N-dealkylation sites (tertiary alicyclic amines) is 1. The third-order valence-electron chi connectivity index (χ3n) is 3.46. The molecule has 2 atom stereocenters. The van der Waals surface area contributed by atoms with Crippen LogP contribution in [0, 0.1) is 5.92 Å². The lowest BCUT2D eigenvalue weighted by Crippen LogP contribution is -2.34. The Morgan fingerprint density at radius 2 is 2.11 bits per heavy atom. The molecule has 0 radical (unpaired) electrons. The number of nitrogens with zero attached hydrogens (tertiary/aromatic N) is 1. The number of carbonyl (C=O) groups is 1. The topological polar surface area (TPSA) is 55.6 Å². The summed E-state index contributed by atoms with van der Waals surface area (Å²) >= 11 is 0. The predicted octanol–water partition coefficient (Wildman–Crippen LogP) is 2.15. The first-order chi connectivity index (χ1) is 8.51. The molecule has 2 unspecified atom stereocenters. The van der Waals surface area contributed by atoms with Crippen molar-refractivity contribution in [1.29, 1.82) is 0 Å². The van der Waals surface area contributed by atoms with Crippen LogP contribution in [0.15, 0.2) is 18.2 Å². The smallest absolute Gasteiger partial charge is 0.254 e. The summed E-state index contributed by atoms with van der Waals surface area (Å²) in [6, 6.07) is 5.46. The average Bonchev–Trinajstić information content (AvgIpc) is 2.66. The number of nitrogens with two attached hydrogens (primary N) is 1. The lowest BCUT2D eigenvalue weighted by molar-refractivity contribution is 0.0743. The maximum absolute atomic E-state index is 12.4. The molecule has 1 aliphatic rings. The van der Waals surface area contributed by atoms with Crippen molar-refractivity contribution >= 4 is 11.6 Å². The molecule has 0 spiro atoms. The van der Waals surface area contributed by atoms with Gasteiger partial charge in [-0.15, -0.1) is 0 Å². The summed E-state index contributed by atoms with van der Waals surface area (Å²) in [4.78, 5) is 14.4. The maximum atomic E-state index is 12.4. The zero-order chi connectivity index (χ0) is 13.3. The second-order valence-electron chi connectivity index (χ2n) is 5.14. The van der Waals surface area contributed by atoms with Crippen molar-refractivity contribution in [3.8, 4) is 5.75 Å². The van der Waals surface area contributed by atoms with E-state index in [0.717, 1.165) is 13.0 Å². The van der Waals surface area contributed by atoms with E-state index < -0.39 is 0 Å². The molecule has 1 amide bonds. The zero-order valence-electron chi connectivity index (χ0n) is 11.1. The molecule has 1 saturated heterocycles. The minimum Gasteiger partial charge on any atom is -0.497 e. The Bertz CT molecular complexity index is 459. The Labute approximate surface area is 108 Å². The van der Waals surface area contributed by atoms with Gasteiger partial charge in [-0.2, -0.15) is 0 Å². The maximum Gasteiger partial charge on any atom is 0.254 e. The molecule has 1 aliphatic heterocycles. The van der Waals surface area contributed by atoms with Crippen LogP contribution in [0.5, 0.6) is 5.75 Å². The van der Waals surface area contributed by atoms with Gasteiger partial charge in [0.15, 0.2) is 0 Å². The lowest BCUT2D eigenvalue weighted by Gasteiger charge is -2.22. The molecule has 0 saturated carbocycles. The highest BCUT2D eigenvalue weighted by atomic mass is 16.5. The summed E-state index contributed by atoms with van der Waals surface area (Å²) < 4.78 is 5.15. The molecule has 98 valence electrons. The molecular weight excluding hydrogens is 228 g/mol. The molecule has 4 nitrogen and oxygen atoms in total. The highest BCUT2D eigenvalue weighted by molar-refractivity contribution is 5.96. The van der Waals surface area contributed by atoms with Crippen molar-refractivity contribution in [2.24, 2.45) is 5.92 Å². The van der Waals surface area contributed by atoms with Crippen LogP contribution in [0.25, 0.3) is 0 Å². The van der Waals surface area contributed by atoms with Crippen molar-refractivity contribution in [1.82, 2.24) is 4.90 Å². The molecule has 0 aliphatic carbocycles. The highest BCUT2D eigenvalue weighted by Gasteiger charge is 2.30. The first-order valence-electron chi connectivity index (χ1n) is 6.26. The van der Waals surface area contributed by atoms with Gasteiger partial charge in [0.05, 0.1) is 7.11 Å². The number of ether oxygens (including phenoxy) is 1. The van der Waals surface area contributed by atoms with E-state index in [1.165, 1.54) is 0 Å². The number of amides is 1. The Morgan fingerprint density at radius 3 is 2.67 bits per heavy atom. The number of rotatable bonds is 2. The fraction of sp³-hybridized carbons (Fsp3) is 0.500. The van der Waals surface area contributed by atoms with Crippen molar-refractivity contribution in [3.05, 3.63) is 23.8 Å². The largest absolute Gasteiger partial charge is 0.497 e. The predicted molar refractivity (Wildman–Crippen MR) is 71.7 cm³/mol. The number of nitrogen functional groups attached to an aromatic ring is 1. The minimum atomic E-state index is 0.0393. The monoisotopic (exact) mass is 248 g/mol. The van der Waals surface area contributed by atoms with Gasteiger partial charge in [-0.1, -0.05) is 6.92 Å². The number of hydrogen-bond donors (Lipinski definition) is 1. The summed E-state index contributed by atoms with van der Waals surface area (Å²) in [5.74, 6) is 1.22. The van der Waals surface area contributed by atoms with Crippen molar-refractivity contribution in [3.63, 3.8) is 0 Å². The van der Waals surface area contributed by atoms with Crippen molar-refractivity contribution < 1.29 is 9.53 Å². The van der Waals surface area contributed by atoms with E-state index in [0.29, 0.717) is 29.0 Å². The van der Waals surface area contributed by atoms with E-state index in [9.17, 15) is 4.79 Å². The van der Waals surface area contributed by atoms with E-state index >= 15 is 0 Å². The van der Waals surface area contributed by atoms with Crippen LogP contribution in [0.2, 0.25) is 0 Å². The Morgan fingerprint density at radius 1 is 1.39 bits per heavy atom. The Balaban J connectivity index is 2.26. The number of benzene rings is 1. The Hall–Kier alpha value is -1.71. The summed E-state index contributed by atoms with van der Waals surface area (Å²) in [5, 5.41) is 0. The van der Waals surface area contributed by atoms with Gasteiger partial charge in [0.2, 0.25) is 0 Å². The quantitative estimate of drug-likeness (QED) is 0.816. The molecule has 2 N–H and O–H groups in total. The van der Waals surface area contributed by atoms with Gasteiger partial charge in [-0.25, -0.2) is 0 Å². The van der Waals surface area contributed by atoms with E-state index in [2.05, 4.69) is 13.8 Å². The molecule has 1 aromatic rings. The molecule has 1 heterocycles. The van der Waals surface area contributed by atoms with E-state index in [1.807, 2.05) is 4.90 Å². The van der Waals surface area contributed by atoms with Gasteiger partial charge < -0.3 is 15.4 Å². The van der Waals surface area contributed by atoms with E-state index in [4.69, 9.17) is 10.5 Å². The average molecular weight is 248 g/mol. The molecule has 0 aromatic heterocycles. The van der Waals surface area contributed by atoms with Gasteiger partial charge >= 0.3 is 0 Å². The van der Waals surface area contributed by atoms with Gasteiger partial charge in [0.1, 0.15) is 5.75 Å². The lowest BCUT2D eigenvalue weighted by atomic mass is 10.1. The first-order valence-corrected chi connectivity index (χ1v) is 6.26. The summed E-state index contributed by atoms with van der Waals surface area (Å²) in [5.41, 5.74) is 6.94. The van der Waals surface area contributed by atoms with Gasteiger partial charge in [0.25, 0.3) is 5.91 Å². The molecule has 4 heteroatoms. The Kier molecular flexibility index (Phi) is 3.45. The number of hydrogen-bond acceptors (Lipinski definition) is 3. The standard InChI is InChI=1S/C14H20N2O2/c1-9-4-10(2)16(8-9)14(17)11-5-12(15)7-13(6-11)18-3/h5-7,9-10H,4,8,15H2,1-3H3. The molecule has 1 fully saturated rings. The van der Waals surface area contributed by atoms with E-state index in [1.54, 1.807) is 25.3 Å². The van der Waals surface area contributed by atoms with Crippen LogP contribution in [-0.4, -0.2) is 30.5 Å². The molecular formula is C14H20N2O2. The highest BCUT2D eigenvalue weighted by Crippen LogP contribution is 2.26. The van der Waals surface area contributed by atoms with Crippen molar-refractivity contribution in [2.75, 3.05) is 19.4 Å². The van der Waals surface area contributed by atoms with Gasteiger partial charge in [-0.05, 0) is 31.4 Å². The third kappa shape index (κ3) is 2.42. The SMILES string of the molecule is COc1cc(N)cc(C(=O)N2CC(C)CC2C)c1. The zero-order valence-corrected chi connectivity index (χ0v) is 11.1. The summed E-state index contributed by atoms with van der Waals surface area (Å²) in [7, 11) is 1.57. The van der Waals surface area contributed by atoms with Crippen LogP contribution >= 0.6 is 0 Å². The molecule has 2 rings (SSSR count). The number of anilines is 1. The minimum absolute atomic E-state index is 0.0393.